The molecule has 0 spiro atoms. The summed E-state index contributed by atoms with van der Waals surface area (Å²) in [5.41, 5.74) is 0. The summed E-state index contributed by atoms with van der Waals surface area (Å²) in [4.78, 5) is 11.8. The number of carbonyl (C=O) groups excluding carboxylic acids is 1. The van der Waals surface area contributed by atoms with Gasteiger partial charge in [-0.1, -0.05) is 15.9 Å². The molecule has 3 fully saturated rings. The first-order chi connectivity index (χ1) is 18.0. The highest BCUT2D eigenvalue weighted by atomic mass is 79.9. The van der Waals surface area contributed by atoms with Crippen molar-refractivity contribution in [3.63, 3.8) is 0 Å². The zero-order valence-electron chi connectivity index (χ0n) is 19.8. The SMILES string of the molecule is O=C(CBr)NC1OC(CO)C(O)C(OC2OC(CO)C(OC3OC(CO)C(O)C(O)C3O)C(O)C2O)C1O. The average Bonchev–Trinajstić information content (AvgIpc) is 2.91. The molecule has 1 amide bonds. The van der Waals surface area contributed by atoms with E-state index in [2.05, 4.69) is 21.2 Å². The first-order valence-corrected chi connectivity index (χ1v) is 12.8. The van der Waals surface area contributed by atoms with E-state index in [9.17, 15) is 55.9 Å². The summed E-state index contributed by atoms with van der Waals surface area (Å²) in [6, 6.07) is 0. The lowest BCUT2D eigenvalue weighted by Gasteiger charge is -2.48. The molecule has 15 unspecified atom stereocenters. The van der Waals surface area contributed by atoms with Gasteiger partial charge in [0, 0.05) is 0 Å². The van der Waals surface area contributed by atoms with Crippen LogP contribution in [0.25, 0.3) is 0 Å². The van der Waals surface area contributed by atoms with Gasteiger partial charge in [0.25, 0.3) is 0 Å². The van der Waals surface area contributed by atoms with Gasteiger partial charge in [-0.05, 0) is 0 Å². The molecular weight excluding hydrogens is 590 g/mol. The monoisotopic (exact) mass is 623 g/mol. The fourth-order valence-electron chi connectivity index (χ4n) is 4.39. The van der Waals surface area contributed by atoms with Gasteiger partial charge < -0.3 is 80.1 Å². The van der Waals surface area contributed by atoms with Crippen LogP contribution in [-0.2, 0) is 28.5 Å². The number of halogens is 1. The molecule has 0 bridgehead atoms. The number of aliphatic hydroxyl groups is 10. The van der Waals surface area contributed by atoms with E-state index in [4.69, 9.17) is 23.7 Å². The summed E-state index contributed by atoms with van der Waals surface area (Å²) in [6.07, 6.45) is -24.9. The van der Waals surface area contributed by atoms with E-state index in [1.54, 1.807) is 0 Å². The zero-order chi connectivity index (χ0) is 28.3. The standard InChI is InChI=1S/C20H34BrNO16/c21-1-8(26)22-18-15(33)17(10(28)6(3-24)34-18)38-20-14(32)12(30)16(7(4-25)36-20)37-19-13(31)11(29)9(27)5(2-23)35-19/h5-7,9-20,23-25,27-33H,1-4H2,(H,22,26). The third-order valence-corrected chi connectivity index (χ3v) is 7.05. The topological polar surface area (TPSA) is 278 Å². The highest BCUT2D eigenvalue weighted by molar-refractivity contribution is 9.09. The lowest BCUT2D eigenvalue weighted by molar-refractivity contribution is -0.373. The summed E-state index contributed by atoms with van der Waals surface area (Å²) >= 11 is 2.93. The predicted octanol–water partition coefficient (Wildman–Crippen LogP) is -7.05. The lowest BCUT2D eigenvalue weighted by Crippen LogP contribution is -2.68. The number of alkyl halides is 1. The molecule has 3 rings (SSSR count). The molecule has 17 nitrogen and oxygen atoms in total. The van der Waals surface area contributed by atoms with Crippen LogP contribution in [0.3, 0.4) is 0 Å². The number of nitrogens with one attached hydrogen (secondary N) is 1. The number of hydrogen-bond acceptors (Lipinski definition) is 16. The van der Waals surface area contributed by atoms with Gasteiger partial charge in [0.15, 0.2) is 18.8 Å². The van der Waals surface area contributed by atoms with Crippen molar-refractivity contribution in [2.24, 2.45) is 0 Å². The Bertz CT molecular complexity index is 765. The van der Waals surface area contributed by atoms with E-state index in [1.807, 2.05) is 0 Å². The van der Waals surface area contributed by atoms with Gasteiger partial charge in [-0.15, -0.1) is 0 Å². The number of amides is 1. The maximum absolute atomic E-state index is 11.8. The molecule has 0 radical (unpaired) electrons. The Morgan fingerprint density at radius 1 is 0.632 bits per heavy atom. The van der Waals surface area contributed by atoms with Gasteiger partial charge in [-0.25, -0.2) is 0 Å². The smallest absolute Gasteiger partial charge is 0.232 e. The highest BCUT2D eigenvalue weighted by Gasteiger charge is 2.53. The third-order valence-electron chi connectivity index (χ3n) is 6.54. The summed E-state index contributed by atoms with van der Waals surface area (Å²) in [5.74, 6) is -0.598. The molecule has 3 aliphatic rings. The molecule has 222 valence electrons. The molecule has 18 heteroatoms. The van der Waals surface area contributed by atoms with Crippen molar-refractivity contribution in [2.75, 3.05) is 25.2 Å². The minimum atomic E-state index is -1.95. The van der Waals surface area contributed by atoms with Crippen molar-refractivity contribution in [1.82, 2.24) is 5.32 Å². The Kier molecular flexibility index (Phi) is 11.6. The average molecular weight is 624 g/mol. The summed E-state index contributed by atoms with van der Waals surface area (Å²) in [6.45, 7) is -2.33. The second kappa shape index (κ2) is 13.8. The van der Waals surface area contributed by atoms with Crippen LogP contribution in [0, 0.1) is 0 Å². The van der Waals surface area contributed by atoms with E-state index >= 15 is 0 Å². The molecule has 0 aliphatic carbocycles. The Hall–Kier alpha value is -0.650. The number of hydrogen-bond donors (Lipinski definition) is 11. The van der Waals surface area contributed by atoms with Crippen LogP contribution < -0.4 is 5.32 Å². The van der Waals surface area contributed by atoms with E-state index in [0.29, 0.717) is 0 Å². The molecule has 0 aromatic rings. The minimum Gasteiger partial charge on any atom is -0.394 e. The molecule has 0 aromatic heterocycles. The van der Waals surface area contributed by atoms with Crippen molar-refractivity contribution in [1.29, 1.82) is 0 Å². The van der Waals surface area contributed by atoms with Gasteiger partial charge in [-0.2, -0.15) is 0 Å². The highest BCUT2D eigenvalue weighted by Crippen LogP contribution is 2.32. The number of carbonyl (C=O) groups is 1. The molecule has 0 saturated carbocycles. The zero-order valence-corrected chi connectivity index (χ0v) is 21.4. The third kappa shape index (κ3) is 6.62. The lowest BCUT2D eigenvalue weighted by atomic mass is 9.95. The Morgan fingerprint density at radius 2 is 1.13 bits per heavy atom. The quantitative estimate of drug-likeness (QED) is 0.106. The van der Waals surface area contributed by atoms with Crippen molar-refractivity contribution in [3.8, 4) is 0 Å². The first-order valence-electron chi connectivity index (χ1n) is 11.7. The summed E-state index contributed by atoms with van der Waals surface area (Å²) < 4.78 is 27.0. The van der Waals surface area contributed by atoms with Crippen molar-refractivity contribution >= 4 is 21.8 Å². The molecule has 3 saturated heterocycles. The molecule has 38 heavy (non-hydrogen) atoms. The summed E-state index contributed by atoms with van der Waals surface area (Å²) in [7, 11) is 0. The fourth-order valence-corrected chi connectivity index (χ4v) is 4.55. The summed E-state index contributed by atoms with van der Waals surface area (Å²) in [5, 5.41) is 104. The molecule has 3 heterocycles. The van der Waals surface area contributed by atoms with Crippen LogP contribution in [0.5, 0.6) is 0 Å². The van der Waals surface area contributed by atoms with Gasteiger partial charge in [-0.3, -0.25) is 4.79 Å². The Balaban J connectivity index is 1.74. The van der Waals surface area contributed by atoms with Crippen molar-refractivity contribution in [2.45, 2.75) is 92.1 Å². The van der Waals surface area contributed by atoms with Crippen LogP contribution in [0.2, 0.25) is 0 Å². The van der Waals surface area contributed by atoms with Gasteiger partial charge >= 0.3 is 0 Å². The van der Waals surface area contributed by atoms with Gasteiger partial charge in [0.1, 0.15) is 73.2 Å². The molecule has 15 atom stereocenters. The van der Waals surface area contributed by atoms with Crippen molar-refractivity contribution in [3.05, 3.63) is 0 Å². The maximum Gasteiger partial charge on any atom is 0.232 e. The second-order valence-corrected chi connectivity index (χ2v) is 9.63. The Morgan fingerprint density at radius 3 is 1.68 bits per heavy atom. The molecule has 11 N–H and O–H groups in total. The van der Waals surface area contributed by atoms with E-state index in [0.717, 1.165) is 0 Å². The minimum absolute atomic E-state index is 0.151. The Labute approximate surface area is 224 Å². The maximum atomic E-state index is 11.8. The second-order valence-electron chi connectivity index (χ2n) is 9.07. The van der Waals surface area contributed by atoms with E-state index in [-0.39, 0.29) is 5.33 Å². The van der Waals surface area contributed by atoms with Crippen LogP contribution >= 0.6 is 15.9 Å². The van der Waals surface area contributed by atoms with E-state index < -0.39 is 118 Å². The predicted molar refractivity (Wildman–Crippen MR) is 121 cm³/mol. The molecular formula is C20H34BrNO16. The van der Waals surface area contributed by atoms with Gasteiger partial charge in [0.2, 0.25) is 5.91 Å². The van der Waals surface area contributed by atoms with Crippen LogP contribution in [-0.4, -0.2) is 174 Å². The first kappa shape index (κ1) is 31.9. The normalized spacial score (nSPS) is 48.0. The number of ether oxygens (including phenoxy) is 5. The fraction of sp³-hybridized carbons (Fsp3) is 0.950. The van der Waals surface area contributed by atoms with Gasteiger partial charge in [0.05, 0.1) is 25.2 Å². The molecule has 0 aromatic carbocycles. The largest absolute Gasteiger partial charge is 0.394 e. The van der Waals surface area contributed by atoms with Crippen LogP contribution in [0.15, 0.2) is 0 Å². The molecule has 3 aliphatic heterocycles. The van der Waals surface area contributed by atoms with Crippen LogP contribution in [0.4, 0.5) is 0 Å². The van der Waals surface area contributed by atoms with Crippen LogP contribution in [0.1, 0.15) is 0 Å². The van der Waals surface area contributed by atoms with Crippen molar-refractivity contribution < 1.29 is 79.5 Å². The van der Waals surface area contributed by atoms with E-state index in [1.165, 1.54) is 0 Å². The number of rotatable bonds is 9. The number of aliphatic hydroxyl groups excluding tert-OH is 10.